The van der Waals surface area contributed by atoms with E-state index in [9.17, 15) is 14.0 Å². The number of halogens is 2. The minimum Gasteiger partial charge on any atom is -0.340 e. The van der Waals surface area contributed by atoms with Gasteiger partial charge in [0.05, 0.1) is 5.69 Å². The first-order chi connectivity index (χ1) is 11.1. The summed E-state index contributed by atoms with van der Waals surface area (Å²) >= 11 is 3.31. The van der Waals surface area contributed by atoms with Crippen molar-refractivity contribution in [3.8, 4) is 0 Å². The van der Waals surface area contributed by atoms with Crippen molar-refractivity contribution in [1.29, 1.82) is 0 Å². The third-order valence-electron chi connectivity index (χ3n) is 3.74. The average Bonchev–Trinajstić information content (AvgIpc) is 2.89. The molecule has 6 heteroatoms. The van der Waals surface area contributed by atoms with Crippen LogP contribution < -0.4 is 10.2 Å². The van der Waals surface area contributed by atoms with Gasteiger partial charge in [-0.15, -0.1) is 0 Å². The fraction of sp³-hybridized carbons (Fsp3) is 0.176. The Bertz CT molecular complexity index is 766. The number of carbonyl (C=O) groups is 2. The quantitative estimate of drug-likeness (QED) is 0.894. The van der Waals surface area contributed by atoms with Gasteiger partial charge in [0.15, 0.2) is 0 Å². The van der Waals surface area contributed by atoms with Gasteiger partial charge >= 0.3 is 0 Å². The minimum atomic E-state index is -0.638. The molecule has 2 aromatic rings. The largest absolute Gasteiger partial charge is 0.340 e. The van der Waals surface area contributed by atoms with E-state index in [1.807, 2.05) is 6.07 Å². The predicted molar refractivity (Wildman–Crippen MR) is 88.8 cm³/mol. The first kappa shape index (κ1) is 15.7. The van der Waals surface area contributed by atoms with E-state index in [2.05, 4.69) is 21.2 Å². The normalized spacial score (nSPS) is 17.4. The second kappa shape index (κ2) is 6.50. The zero-order valence-electron chi connectivity index (χ0n) is 12.1. The van der Waals surface area contributed by atoms with E-state index in [1.165, 1.54) is 11.0 Å². The maximum atomic E-state index is 13.8. The Hall–Kier alpha value is -2.21. The summed E-state index contributed by atoms with van der Waals surface area (Å²) in [6, 6.07) is 12.4. The van der Waals surface area contributed by atoms with Crippen molar-refractivity contribution in [1.82, 2.24) is 5.32 Å². The molecule has 2 aromatic carbocycles. The summed E-state index contributed by atoms with van der Waals surface area (Å²) in [4.78, 5) is 26.0. The Morgan fingerprint density at radius 3 is 2.74 bits per heavy atom. The molecule has 1 N–H and O–H groups in total. The highest BCUT2D eigenvalue weighted by Gasteiger charge is 2.34. The van der Waals surface area contributed by atoms with Crippen molar-refractivity contribution in [2.24, 2.45) is 0 Å². The molecule has 0 spiro atoms. The number of hydrogen-bond acceptors (Lipinski definition) is 2. The van der Waals surface area contributed by atoms with Crippen LogP contribution in [0.4, 0.5) is 10.1 Å². The third-order valence-corrected chi connectivity index (χ3v) is 4.23. The molecule has 0 bridgehead atoms. The Morgan fingerprint density at radius 1 is 1.22 bits per heavy atom. The Morgan fingerprint density at radius 2 is 2.00 bits per heavy atom. The lowest BCUT2D eigenvalue weighted by molar-refractivity contribution is -0.118. The molecule has 1 atom stereocenters. The van der Waals surface area contributed by atoms with Gasteiger partial charge in [-0.3, -0.25) is 9.59 Å². The van der Waals surface area contributed by atoms with Gasteiger partial charge in [0.2, 0.25) is 5.91 Å². The summed E-state index contributed by atoms with van der Waals surface area (Å²) in [6.45, 7) is 0.378. The van der Waals surface area contributed by atoms with Gasteiger partial charge in [-0.25, -0.2) is 4.39 Å². The molecule has 3 rings (SSSR count). The fourth-order valence-corrected chi connectivity index (χ4v) is 2.99. The van der Waals surface area contributed by atoms with E-state index in [0.29, 0.717) is 18.5 Å². The Balaban J connectivity index is 1.72. The van der Waals surface area contributed by atoms with E-state index < -0.39 is 11.9 Å². The van der Waals surface area contributed by atoms with Crippen LogP contribution in [0.5, 0.6) is 0 Å². The molecule has 1 aliphatic heterocycles. The van der Waals surface area contributed by atoms with Crippen molar-refractivity contribution in [3.63, 3.8) is 0 Å². The number of hydrogen-bond donors (Lipinski definition) is 1. The lowest BCUT2D eigenvalue weighted by Crippen LogP contribution is -2.41. The van der Waals surface area contributed by atoms with Crippen LogP contribution in [0.25, 0.3) is 0 Å². The monoisotopic (exact) mass is 376 g/mol. The lowest BCUT2D eigenvalue weighted by atomic mass is 10.2. The molecule has 118 valence electrons. The van der Waals surface area contributed by atoms with Crippen molar-refractivity contribution in [2.45, 2.75) is 12.5 Å². The fourth-order valence-electron chi connectivity index (χ4n) is 2.59. The van der Waals surface area contributed by atoms with Gasteiger partial charge in [0.1, 0.15) is 11.9 Å². The highest BCUT2D eigenvalue weighted by atomic mass is 79.9. The average molecular weight is 377 g/mol. The standard InChI is InChI=1S/C17H14BrFN2O2/c18-12-5-3-4-11(10-12)16(22)20-14-8-9-21(17(14)23)15-7-2-1-6-13(15)19/h1-7,10,14H,8-9H2,(H,20,22). The number of para-hydroxylation sites is 1. The maximum Gasteiger partial charge on any atom is 0.251 e. The van der Waals surface area contributed by atoms with Crippen LogP contribution >= 0.6 is 15.9 Å². The minimum absolute atomic E-state index is 0.247. The van der Waals surface area contributed by atoms with Crippen molar-refractivity contribution in [3.05, 3.63) is 64.4 Å². The summed E-state index contributed by atoms with van der Waals surface area (Å²) in [6.07, 6.45) is 0.451. The molecule has 1 aliphatic rings. The van der Waals surface area contributed by atoms with E-state index in [0.717, 1.165) is 4.47 Å². The number of benzene rings is 2. The molecular formula is C17H14BrFN2O2. The summed E-state index contributed by atoms with van der Waals surface area (Å²) < 4.78 is 14.6. The summed E-state index contributed by atoms with van der Waals surface area (Å²) in [5.74, 6) is -1.06. The Labute approximate surface area is 141 Å². The molecule has 1 unspecified atom stereocenters. The van der Waals surface area contributed by atoms with E-state index in [-0.39, 0.29) is 17.5 Å². The molecule has 23 heavy (non-hydrogen) atoms. The van der Waals surface area contributed by atoms with Gasteiger partial charge in [0.25, 0.3) is 5.91 Å². The molecule has 2 amide bonds. The maximum absolute atomic E-state index is 13.8. The molecular weight excluding hydrogens is 363 g/mol. The van der Waals surface area contributed by atoms with Gasteiger partial charge < -0.3 is 10.2 Å². The number of amides is 2. The van der Waals surface area contributed by atoms with E-state index >= 15 is 0 Å². The topological polar surface area (TPSA) is 49.4 Å². The summed E-state index contributed by atoms with van der Waals surface area (Å²) in [5, 5.41) is 2.72. The highest BCUT2D eigenvalue weighted by Crippen LogP contribution is 2.24. The second-order valence-electron chi connectivity index (χ2n) is 5.27. The number of rotatable bonds is 3. The zero-order chi connectivity index (χ0) is 16.4. The van der Waals surface area contributed by atoms with E-state index in [4.69, 9.17) is 0 Å². The van der Waals surface area contributed by atoms with Crippen molar-refractivity contribution >= 4 is 33.4 Å². The van der Waals surface area contributed by atoms with E-state index in [1.54, 1.807) is 36.4 Å². The molecule has 0 aromatic heterocycles. The van der Waals surface area contributed by atoms with Crippen molar-refractivity contribution in [2.75, 3.05) is 11.4 Å². The smallest absolute Gasteiger partial charge is 0.251 e. The van der Waals surface area contributed by atoms with Gasteiger partial charge in [-0.1, -0.05) is 34.1 Å². The van der Waals surface area contributed by atoms with Crippen LogP contribution in [-0.2, 0) is 4.79 Å². The van der Waals surface area contributed by atoms with Crippen LogP contribution in [-0.4, -0.2) is 24.4 Å². The molecule has 1 heterocycles. The van der Waals surface area contributed by atoms with Crippen LogP contribution in [0.15, 0.2) is 53.0 Å². The second-order valence-corrected chi connectivity index (χ2v) is 6.18. The molecule has 0 aliphatic carbocycles. The van der Waals surface area contributed by atoms with Gasteiger partial charge in [-0.05, 0) is 36.8 Å². The van der Waals surface area contributed by atoms with Gasteiger partial charge in [-0.2, -0.15) is 0 Å². The predicted octanol–water partition coefficient (Wildman–Crippen LogP) is 3.12. The van der Waals surface area contributed by atoms with Crippen molar-refractivity contribution < 1.29 is 14.0 Å². The molecule has 0 saturated carbocycles. The number of carbonyl (C=O) groups excluding carboxylic acids is 2. The van der Waals surface area contributed by atoms with Gasteiger partial charge in [0, 0.05) is 16.6 Å². The summed E-state index contributed by atoms with van der Waals surface area (Å²) in [7, 11) is 0. The van der Waals surface area contributed by atoms with Crippen LogP contribution in [0.1, 0.15) is 16.8 Å². The number of nitrogens with one attached hydrogen (secondary N) is 1. The SMILES string of the molecule is O=C(NC1CCN(c2ccccc2F)C1=O)c1cccc(Br)c1. The third kappa shape index (κ3) is 3.27. The molecule has 0 radical (unpaired) electrons. The van der Waals surface area contributed by atoms with Crippen LogP contribution in [0, 0.1) is 5.82 Å². The zero-order valence-corrected chi connectivity index (χ0v) is 13.7. The summed E-state index contributed by atoms with van der Waals surface area (Å²) in [5.41, 5.74) is 0.716. The van der Waals surface area contributed by atoms with Crippen LogP contribution in [0.2, 0.25) is 0 Å². The van der Waals surface area contributed by atoms with Crippen LogP contribution in [0.3, 0.4) is 0 Å². The number of nitrogens with zero attached hydrogens (tertiary/aromatic N) is 1. The highest BCUT2D eigenvalue weighted by molar-refractivity contribution is 9.10. The number of anilines is 1. The Kier molecular flexibility index (Phi) is 4.43. The molecule has 1 fully saturated rings. The first-order valence-electron chi connectivity index (χ1n) is 7.18. The molecule has 1 saturated heterocycles. The molecule has 4 nitrogen and oxygen atoms in total. The lowest BCUT2D eigenvalue weighted by Gasteiger charge is -2.17. The first-order valence-corrected chi connectivity index (χ1v) is 7.98.